The van der Waals surface area contributed by atoms with E-state index in [-0.39, 0.29) is 6.04 Å². The summed E-state index contributed by atoms with van der Waals surface area (Å²) in [5.74, 6) is 1.20. The van der Waals surface area contributed by atoms with Crippen LogP contribution in [0, 0.1) is 0 Å². The van der Waals surface area contributed by atoms with Gasteiger partial charge in [-0.25, -0.2) is 0 Å². The predicted molar refractivity (Wildman–Crippen MR) is 95.8 cm³/mol. The first-order valence-corrected chi connectivity index (χ1v) is 9.96. The molecule has 0 aromatic carbocycles. The van der Waals surface area contributed by atoms with E-state index in [0.29, 0.717) is 10.8 Å². The standard InChI is InChI=1S/C15H25BrN2S2/c1-4-12(17)14(13-9-11(16)10-19-13)18-6-5-15(2,3)20-8-7-18/h9-10,12,14H,4-8,17H2,1-3H3. The lowest BCUT2D eigenvalue weighted by Crippen LogP contribution is -2.41. The maximum absolute atomic E-state index is 6.45. The third-order valence-electron chi connectivity index (χ3n) is 4.02. The second-order valence-corrected chi connectivity index (χ2v) is 9.74. The number of hydrogen-bond donors (Lipinski definition) is 1. The molecule has 0 saturated carbocycles. The molecule has 0 aliphatic carbocycles. The predicted octanol–water partition coefficient (Wildman–Crippen LogP) is 4.51. The van der Waals surface area contributed by atoms with Gasteiger partial charge in [0.05, 0.1) is 6.04 Å². The Labute approximate surface area is 139 Å². The van der Waals surface area contributed by atoms with Crippen LogP contribution in [0.2, 0.25) is 0 Å². The monoisotopic (exact) mass is 376 g/mol. The normalized spacial score (nSPS) is 23.2. The minimum absolute atomic E-state index is 0.215. The van der Waals surface area contributed by atoms with Gasteiger partial charge in [0.15, 0.2) is 0 Å². The molecule has 1 aromatic rings. The van der Waals surface area contributed by atoms with Crippen molar-refractivity contribution in [2.75, 3.05) is 18.8 Å². The largest absolute Gasteiger partial charge is 0.326 e. The molecule has 0 bridgehead atoms. The number of halogens is 1. The smallest absolute Gasteiger partial charge is 0.0594 e. The molecule has 2 rings (SSSR count). The van der Waals surface area contributed by atoms with E-state index in [2.05, 4.69) is 64.8 Å². The van der Waals surface area contributed by atoms with Gasteiger partial charge < -0.3 is 5.73 Å². The van der Waals surface area contributed by atoms with Crippen LogP contribution in [-0.4, -0.2) is 34.5 Å². The van der Waals surface area contributed by atoms with Gasteiger partial charge in [0.25, 0.3) is 0 Å². The van der Waals surface area contributed by atoms with Crippen LogP contribution in [0.4, 0.5) is 0 Å². The van der Waals surface area contributed by atoms with Crippen molar-refractivity contribution >= 4 is 39.0 Å². The minimum Gasteiger partial charge on any atom is -0.326 e. The highest BCUT2D eigenvalue weighted by Crippen LogP contribution is 2.37. The van der Waals surface area contributed by atoms with Crippen molar-refractivity contribution in [1.82, 2.24) is 4.90 Å². The van der Waals surface area contributed by atoms with E-state index in [4.69, 9.17) is 5.73 Å². The molecule has 0 amide bonds. The van der Waals surface area contributed by atoms with E-state index in [1.54, 1.807) is 0 Å². The van der Waals surface area contributed by atoms with E-state index in [9.17, 15) is 0 Å². The van der Waals surface area contributed by atoms with Gasteiger partial charge in [-0.3, -0.25) is 4.90 Å². The average Bonchev–Trinajstić information content (AvgIpc) is 2.73. The van der Waals surface area contributed by atoms with Gasteiger partial charge in [-0.15, -0.1) is 11.3 Å². The highest BCUT2D eigenvalue weighted by Gasteiger charge is 2.31. The van der Waals surface area contributed by atoms with Crippen molar-refractivity contribution in [3.8, 4) is 0 Å². The number of nitrogens with two attached hydrogens (primary N) is 1. The Bertz CT molecular complexity index is 433. The van der Waals surface area contributed by atoms with Crippen LogP contribution in [0.1, 0.15) is 44.5 Å². The van der Waals surface area contributed by atoms with Gasteiger partial charge in [0, 0.05) is 44.4 Å². The van der Waals surface area contributed by atoms with Gasteiger partial charge in [0.2, 0.25) is 0 Å². The van der Waals surface area contributed by atoms with Crippen molar-refractivity contribution < 1.29 is 0 Å². The first kappa shape index (κ1) is 16.8. The number of rotatable bonds is 4. The first-order valence-electron chi connectivity index (χ1n) is 7.30. The first-order chi connectivity index (χ1) is 9.43. The zero-order chi connectivity index (χ0) is 14.8. The molecule has 2 unspecified atom stereocenters. The van der Waals surface area contributed by atoms with Crippen molar-refractivity contribution in [3.05, 3.63) is 20.8 Å². The maximum Gasteiger partial charge on any atom is 0.0594 e. The quantitative estimate of drug-likeness (QED) is 0.837. The SMILES string of the molecule is CCC(N)C(c1cc(Br)cs1)N1CCSC(C)(C)CC1. The highest BCUT2D eigenvalue weighted by molar-refractivity contribution is 9.10. The summed E-state index contributed by atoms with van der Waals surface area (Å²) >= 11 is 7.50. The van der Waals surface area contributed by atoms with Crippen molar-refractivity contribution in [2.24, 2.45) is 5.73 Å². The number of thiophene rings is 1. The molecule has 1 saturated heterocycles. The Morgan fingerprint density at radius 1 is 1.45 bits per heavy atom. The topological polar surface area (TPSA) is 29.3 Å². The Hall–Kier alpha value is 0.450. The molecule has 5 heteroatoms. The molecule has 2 N–H and O–H groups in total. The fourth-order valence-electron chi connectivity index (χ4n) is 2.68. The molecular weight excluding hydrogens is 352 g/mol. The summed E-state index contributed by atoms with van der Waals surface area (Å²) in [7, 11) is 0. The summed E-state index contributed by atoms with van der Waals surface area (Å²) in [6.45, 7) is 9.20. The summed E-state index contributed by atoms with van der Waals surface area (Å²) in [6.07, 6.45) is 2.25. The summed E-state index contributed by atoms with van der Waals surface area (Å²) in [5, 5.41) is 2.17. The Morgan fingerprint density at radius 2 is 2.20 bits per heavy atom. The number of thioether (sulfide) groups is 1. The van der Waals surface area contributed by atoms with Crippen LogP contribution >= 0.6 is 39.0 Å². The van der Waals surface area contributed by atoms with Gasteiger partial charge in [-0.2, -0.15) is 11.8 Å². The third-order valence-corrected chi connectivity index (χ3v) is 7.16. The number of nitrogens with zero attached hydrogens (tertiary/aromatic N) is 1. The molecule has 0 radical (unpaired) electrons. The molecule has 2 atom stereocenters. The minimum atomic E-state index is 0.215. The second kappa shape index (κ2) is 7.14. The maximum atomic E-state index is 6.45. The van der Waals surface area contributed by atoms with E-state index >= 15 is 0 Å². The fourth-order valence-corrected chi connectivity index (χ4v) is 5.45. The fraction of sp³-hybridized carbons (Fsp3) is 0.733. The average molecular weight is 377 g/mol. The Kier molecular flexibility index (Phi) is 6.00. The lowest BCUT2D eigenvalue weighted by atomic mass is 10.0. The lowest BCUT2D eigenvalue weighted by Gasteiger charge is -2.34. The van der Waals surface area contributed by atoms with E-state index < -0.39 is 0 Å². The summed E-state index contributed by atoms with van der Waals surface area (Å²) in [4.78, 5) is 4.00. The van der Waals surface area contributed by atoms with Crippen molar-refractivity contribution in [1.29, 1.82) is 0 Å². The molecule has 1 aliphatic rings. The van der Waals surface area contributed by atoms with E-state index in [1.807, 2.05) is 11.3 Å². The lowest BCUT2D eigenvalue weighted by molar-refractivity contribution is 0.180. The van der Waals surface area contributed by atoms with E-state index in [1.165, 1.54) is 21.5 Å². The summed E-state index contributed by atoms with van der Waals surface area (Å²) < 4.78 is 1.57. The molecular formula is C15H25BrN2S2. The zero-order valence-electron chi connectivity index (χ0n) is 12.6. The molecule has 1 fully saturated rings. The molecule has 20 heavy (non-hydrogen) atoms. The van der Waals surface area contributed by atoms with Crippen molar-refractivity contribution in [3.63, 3.8) is 0 Å². The van der Waals surface area contributed by atoms with Crippen LogP contribution < -0.4 is 5.73 Å². The van der Waals surface area contributed by atoms with Gasteiger partial charge in [-0.1, -0.05) is 20.8 Å². The second-order valence-electron chi connectivity index (χ2n) is 6.08. The Morgan fingerprint density at radius 3 is 2.80 bits per heavy atom. The van der Waals surface area contributed by atoms with Gasteiger partial charge >= 0.3 is 0 Å². The number of hydrogen-bond acceptors (Lipinski definition) is 4. The molecule has 1 aromatic heterocycles. The van der Waals surface area contributed by atoms with Crippen LogP contribution in [0.5, 0.6) is 0 Å². The van der Waals surface area contributed by atoms with E-state index in [0.717, 1.165) is 19.5 Å². The molecule has 1 aliphatic heterocycles. The molecule has 2 heterocycles. The third kappa shape index (κ3) is 4.23. The molecule has 2 nitrogen and oxygen atoms in total. The van der Waals surface area contributed by atoms with Crippen LogP contribution in [0.25, 0.3) is 0 Å². The van der Waals surface area contributed by atoms with Crippen LogP contribution in [0.15, 0.2) is 15.9 Å². The highest BCUT2D eigenvalue weighted by atomic mass is 79.9. The summed E-state index contributed by atoms with van der Waals surface area (Å²) in [5.41, 5.74) is 6.45. The molecule has 0 spiro atoms. The summed E-state index contributed by atoms with van der Waals surface area (Å²) in [6, 6.07) is 2.83. The van der Waals surface area contributed by atoms with Gasteiger partial charge in [0.1, 0.15) is 0 Å². The van der Waals surface area contributed by atoms with Crippen LogP contribution in [0.3, 0.4) is 0 Å². The zero-order valence-corrected chi connectivity index (χ0v) is 15.8. The van der Waals surface area contributed by atoms with Gasteiger partial charge in [-0.05, 0) is 34.8 Å². The molecule has 114 valence electrons. The van der Waals surface area contributed by atoms with Crippen LogP contribution in [-0.2, 0) is 0 Å². The Balaban J connectivity index is 2.18. The van der Waals surface area contributed by atoms with Crippen molar-refractivity contribution in [2.45, 2.75) is 50.4 Å².